The third-order valence-corrected chi connectivity index (χ3v) is 11.8. The van der Waals surface area contributed by atoms with Gasteiger partial charge in [0.25, 0.3) is 0 Å². The normalized spacial score (nSPS) is 11.3. The van der Waals surface area contributed by atoms with Gasteiger partial charge in [-0.1, -0.05) is 121 Å². The fourth-order valence-electron chi connectivity index (χ4n) is 7.24. The molecule has 0 spiro atoms. The third kappa shape index (κ3) is 5.86. The molecule has 0 radical (unpaired) electrons. The second-order valence-electron chi connectivity index (χ2n) is 13.2. The predicted octanol–water partition coefficient (Wildman–Crippen LogP) is 15.0. The van der Waals surface area contributed by atoms with Crippen LogP contribution in [0.25, 0.3) is 42.4 Å². The van der Waals surface area contributed by atoms with Gasteiger partial charge in [0.05, 0.1) is 0 Å². The molecule has 2 nitrogen and oxygen atoms in total. The molecular formula is C48H36N2S2. The minimum absolute atomic E-state index is 1.14. The van der Waals surface area contributed by atoms with Gasteiger partial charge in [-0.05, 0) is 96.8 Å². The number of aryl methyl sites for hydroxylation is 2. The minimum atomic E-state index is 1.14. The average Bonchev–Trinajstić information content (AvgIpc) is 3.80. The molecule has 250 valence electrons. The highest BCUT2D eigenvalue weighted by molar-refractivity contribution is 7.25. The smallest absolute Gasteiger partial charge is 0.101 e. The molecule has 0 N–H and O–H groups in total. The van der Waals surface area contributed by atoms with Crippen LogP contribution in [0.5, 0.6) is 0 Å². The minimum Gasteiger partial charge on any atom is -0.302 e. The second-order valence-corrected chi connectivity index (χ2v) is 15.2. The summed E-state index contributed by atoms with van der Waals surface area (Å²) in [5.74, 6) is 0. The highest BCUT2D eigenvalue weighted by Crippen LogP contribution is 2.55. The van der Waals surface area contributed by atoms with Crippen LogP contribution >= 0.6 is 22.7 Å². The fourth-order valence-corrected chi connectivity index (χ4v) is 9.82. The number of hydrogen-bond donors (Lipinski definition) is 0. The van der Waals surface area contributed by atoms with E-state index in [2.05, 4.69) is 206 Å². The summed E-state index contributed by atoms with van der Waals surface area (Å²) in [7, 11) is 0. The van der Waals surface area contributed by atoms with Crippen LogP contribution in [0.15, 0.2) is 182 Å². The van der Waals surface area contributed by atoms with Crippen LogP contribution < -0.4 is 9.80 Å². The first kappa shape index (κ1) is 32.0. The first-order valence-electron chi connectivity index (χ1n) is 17.6. The monoisotopic (exact) mass is 704 g/mol. The van der Waals surface area contributed by atoms with Crippen LogP contribution in [-0.4, -0.2) is 0 Å². The van der Waals surface area contributed by atoms with Gasteiger partial charge in [-0.15, -0.1) is 22.7 Å². The molecule has 7 aromatic carbocycles. The summed E-state index contributed by atoms with van der Waals surface area (Å²) in [5, 5.41) is 4.90. The lowest BCUT2D eigenvalue weighted by Crippen LogP contribution is -2.08. The third-order valence-electron chi connectivity index (χ3n) is 9.55. The molecule has 0 amide bonds. The Morgan fingerprint density at radius 1 is 0.346 bits per heavy atom. The quantitative estimate of drug-likeness (QED) is 0.155. The Morgan fingerprint density at radius 3 is 1.06 bits per heavy atom. The molecule has 9 aromatic rings. The second kappa shape index (κ2) is 13.6. The summed E-state index contributed by atoms with van der Waals surface area (Å²) < 4.78 is 2.57. The lowest BCUT2D eigenvalue weighted by molar-refractivity contribution is 1.30. The van der Waals surface area contributed by atoms with Gasteiger partial charge in [-0.25, -0.2) is 0 Å². The molecule has 0 aliphatic carbocycles. The molecule has 4 heteroatoms. The Morgan fingerprint density at radius 2 is 0.692 bits per heavy atom. The van der Waals surface area contributed by atoms with E-state index in [9.17, 15) is 0 Å². The molecular weight excluding hydrogens is 669 g/mol. The zero-order valence-corrected chi connectivity index (χ0v) is 30.7. The maximum atomic E-state index is 2.43. The Balaban J connectivity index is 1.38. The van der Waals surface area contributed by atoms with Crippen molar-refractivity contribution in [2.24, 2.45) is 0 Å². The van der Waals surface area contributed by atoms with E-state index in [-0.39, 0.29) is 0 Å². The summed E-state index contributed by atoms with van der Waals surface area (Å²) in [6.45, 7) is 4.33. The molecule has 0 atom stereocenters. The van der Waals surface area contributed by atoms with E-state index in [1.54, 1.807) is 0 Å². The zero-order valence-electron chi connectivity index (χ0n) is 29.0. The van der Waals surface area contributed by atoms with Crippen molar-refractivity contribution < 1.29 is 0 Å². The molecule has 0 saturated heterocycles. The molecule has 0 aliphatic heterocycles. The number of nitrogens with zero attached hydrogens (tertiary/aromatic N) is 2. The van der Waals surface area contributed by atoms with Crippen LogP contribution in [-0.2, 0) is 0 Å². The van der Waals surface area contributed by atoms with E-state index in [1.165, 1.54) is 63.6 Å². The first-order valence-corrected chi connectivity index (χ1v) is 19.2. The number of fused-ring (bicyclic) bond motifs is 2. The van der Waals surface area contributed by atoms with E-state index >= 15 is 0 Å². The number of anilines is 6. The van der Waals surface area contributed by atoms with Crippen molar-refractivity contribution in [1.82, 2.24) is 0 Å². The lowest BCUT2D eigenvalue weighted by atomic mass is 9.93. The van der Waals surface area contributed by atoms with E-state index < -0.39 is 0 Å². The lowest BCUT2D eigenvalue weighted by Gasteiger charge is -2.24. The summed E-state index contributed by atoms with van der Waals surface area (Å²) in [4.78, 5) is 4.82. The number of benzene rings is 7. The Hall–Kier alpha value is -5.94. The summed E-state index contributed by atoms with van der Waals surface area (Å²) >= 11 is 3.75. The largest absolute Gasteiger partial charge is 0.302 e. The van der Waals surface area contributed by atoms with Gasteiger partial charge in [-0.3, -0.25) is 0 Å². The first-order chi connectivity index (χ1) is 25.6. The van der Waals surface area contributed by atoms with Crippen LogP contribution in [0.2, 0.25) is 0 Å². The fraction of sp³-hybridized carbons (Fsp3) is 0.0417. The van der Waals surface area contributed by atoms with Crippen molar-refractivity contribution in [1.29, 1.82) is 0 Å². The van der Waals surface area contributed by atoms with Crippen molar-refractivity contribution in [3.63, 3.8) is 0 Å². The van der Waals surface area contributed by atoms with E-state index in [0.717, 1.165) is 22.7 Å². The molecule has 52 heavy (non-hydrogen) atoms. The highest BCUT2D eigenvalue weighted by atomic mass is 32.1. The number of rotatable bonds is 8. The number of thiophene rings is 2. The van der Waals surface area contributed by atoms with Crippen molar-refractivity contribution in [3.05, 3.63) is 193 Å². The van der Waals surface area contributed by atoms with Crippen LogP contribution in [0.1, 0.15) is 11.1 Å². The van der Waals surface area contributed by atoms with Crippen LogP contribution in [0.4, 0.5) is 32.8 Å². The van der Waals surface area contributed by atoms with Crippen LogP contribution in [0, 0.1) is 13.8 Å². The Kier molecular flexibility index (Phi) is 8.40. The van der Waals surface area contributed by atoms with Gasteiger partial charge in [0.1, 0.15) is 10.0 Å². The van der Waals surface area contributed by atoms with Crippen LogP contribution in [0.3, 0.4) is 0 Å². The number of para-hydroxylation sites is 2. The van der Waals surface area contributed by atoms with Crippen molar-refractivity contribution in [2.45, 2.75) is 13.8 Å². The molecule has 0 fully saturated rings. The molecule has 0 bridgehead atoms. The SMILES string of the molecule is Cc1cccc(N(c2ccccc2)c2cc3c(-c4ccccc4)c4sc(N(c5ccccc5)c5cccc(C)c5)cc4c(-c4ccccc4)c3s2)c1. The van der Waals surface area contributed by atoms with Gasteiger partial charge < -0.3 is 9.80 Å². The molecule has 0 unspecified atom stereocenters. The number of hydrogen-bond acceptors (Lipinski definition) is 4. The average molecular weight is 705 g/mol. The molecule has 9 rings (SSSR count). The Bertz CT molecular complexity index is 2400. The highest BCUT2D eigenvalue weighted by Gasteiger charge is 2.26. The summed E-state index contributed by atoms with van der Waals surface area (Å²) in [6.07, 6.45) is 0. The van der Waals surface area contributed by atoms with E-state index in [0.29, 0.717) is 0 Å². The summed E-state index contributed by atoms with van der Waals surface area (Å²) in [5.41, 5.74) is 12.1. The van der Waals surface area contributed by atoms with Gasteiger partial charge >= 0.3 is 0 Å². The van der Waals surface area contributed by atoms with Gasteiger partial charge in [-0.2, -0.15) is 0 Å². The Labute approximate surface area is 313 Å². The molecule has 0 aliphatic rings. The van der Waals surface area contributed by atoms with Crippen molar-refractivity contribution in [3.8, 4) is 22.3 Å². The van der Waals surface area contributed by atoms with Gasteiger partial charge in [0.15, 0.2) is 0 Å². The topological polar surface area (TPSA) is 6.48 Å². The van der Waals surface area contributed by atoms with Crippen molar-refractivity contribution in [2.75, 3.05) is 9.80 Å². The molecule has 2 aromatic heterocycles. The van der Waals surface area contributed by atoms with E-state index in [1.807, 2.05) is 22.7 Å². The van der Waals surface area contributed by atoms with Gasteiger partial charge in [0, 0.05) is 54.0 Å². The standard InChI is InChI=1S/C48H36N2S2/c1-33-17-15-27-39(29-33)49(37-23-11-5-12-24-37)43-31-41-45(35-19-7-3-8-20-35)48-42(46(47(41)51-43)36-21-9-4-10-22-36)32-44(52-48)50(38-25-13-6-14-26-38)40-28-16-18-34(2)30-40/h3-32H,1-2H3. The zero-order chi connectivity index (χ0) is 35.0. The molecule has 2 heterocycles. The predicted molar refractivity (Wildman–Crippen MR) is 227 cm³/mol. The molecule has 0 saturated carbocycles. The maximum absolute atomic E-state index is 2.43. The van der Waals surface area contributed by atoms with E-state index in [4.69, 9.17) is 0 Å². The van der Waals surface area contributed by atoms with Crippen molar-refractivity contribution >= 4 is 75.6 Å². The summed E-state index contributed by atoms with van der Waals surface area (Å²) in [6, 6.07) is 65.9. The van der Waals surface area contributed by atoms with Gasteiger partial charge in [0.2, 0.25) is 0 Å². The maximum Gasteiger partial charge on any atom is 0.101 e.